The van der Waals surface area contributed by atoms with E-state index >= 15 is 0 Å². The van der Waals surface area contributed by atoms with Crippen LogP contribution in [0.25, 0.3) is 0 Å². The first-order valence-electron chi connectivity index (χ1n) is 9.44. The van der Waals surface area contributed by atoms with E-state index in [4.69, 9.17) is 25.8 Å². The lowest BCUT2D eigenvalue weighted by atomic mass is 9.96. The largest absolute Gasteiger partial charge is 0.496 e. The molecule has 0 aromatic heterocycles. The van der Waals surface area contributed by atoms with Crippen LogP contribution < -0.4 is 9.64 Å². The summed E-state index contributed by atoms with van der Waals surface area (Å²) in [5, 5.41) is 0.502. The fraction of sp³-hybridized carbons (Fsp3) is 0.125. The number of Topliss-reactive ketones (excluding diaryl/α,β-unsaturated/α-hetero) is 1. The highest BCUT2D eigenvalue weighted by Crippen LogP contribution is 2.33. The Morgan fingerprint density at radius 3 is 2.25 bits per heavy atom. The summed E-state index contributed by atoms with van der Waals surface area (Å²) in [5.74, 6) is -1.39. The highest BCUT2D eigenvalue weighted by atomic mass is 35.5. The van der Waals surface area contributed by atoms with Gasteiger partial charge in [0.2, 0.25) is 0 Å². The minimum Gasteiger partial charge on any atom is -0.496 e. The molecule has 0 amide bonds. The number of para-hydroxylation sites is 1. The highest BCUT2D eigenvalue weighted by Gasteiger charge is 2.29. The Morgan fingerprint density at radius 1 is 0.938 bits per heavy atom. The maximum atomic E-state index is 13.3. The van der Waals surface area contributed by atoms with Gasteiger partial charge in [-0.25, -0.2) is 9.59 Å². The number of nitrogens with zero attached hydrogens (tertiary/aromatic N) is 1. The minimum absolute atomic E-state index is 0.00796. The van der Waals surface area contributed by atoms with E-state index in [1.165, 1.54) is 38.5 Å². The van der Waals surface area contributed by atoms with Gasteiger partial charge >= 0.3 is 11.9 Å². The average molecular weight is 454 g/mol. The Bertz CT molecular complexity index is 1150. The van der Waals surface area contributed by atoms with Crippen molar-refractivity contribution >= 4 is 35.0 Å². The number of halogens is 1. The Morgan fingerprint density at radius 2 is 1.62 bits per heavy atom. The average Bonchev–Trinajstić information content (AvgIpc) is 2.83. The molecular weight excluding hydrogens is 434 g/mol. The molecule has 3 rings (SSSR count). The lowest BCUT2D eigenvalue weighted by Crippen LogP contribution is -2.27. The number of ketones is 1. The van der Waals surface area contributed by atoms with E-state index in [1.807, 2.05) is 0 Å². The van der Waals surface area contributed by atoms with Crippen LogP contribution in [0.5, 0.6) is 5.75 Å². The Hall–Kier alpha value is -3.84. The standard InChI is InChI=1S/C24H20ClNO6/c1-30-21-7-5-4-6-18(21)23(28)15-12-19(24(29)32-3)20(13-22(27)31-2)26(14-15)17-10-8-16(25)9-11-17/h4-14H,1-3H3/b20-13+. The van der Waals surface area contributed by atoms with Crippen molar-refractivity contribution in [1.29, 1.82) is 0 Å². The number of allylic oxidation sites excluding steroid dienone is 2. The number of esters is 2. The molecule has 8 heteroatoms. The number of rotatable bonds is 6. The smallest absolute Gasteiger partial charge is 0.340 e. The van der Waals surface area contributed by atoms with Gasteiger partial charge in [0.1, 0.15) is 5.75 Å². The Kier molecular flexibility index (Phi) is 7.12. The van der Waals surface area contributed by atoms with Crippen LogP contribution in [0, 0.1) is 0 Å². The second-order valence-electron chi connectivity index (χ2n) is 6.56. The second-order valence-corrected chi connectivity index (χ2v) is 7.00. The summed E-state index contributed by atoms with van der Waals surface area (Å²) in [6, 6.07) is 13.4. The molecule has 0 atom stereocenters. The summed E-state index contributed by atoms with van der Waals surface area (Å²) in [7, 11) is 3.91. The maximum absolute atomic E-state index is 13.3. The monoisotopic (exact) mass is 453 g/mol. The molecule has 0 unspecified atom stereocenters. The summed E-state index contributed by atoms with van der Waals surface area (Å²) in [5.41, 5.74) is 1.26. The van der Waals surface area contributed by atoms with Gasteiger partial charge < -0.3 is 19.1 Å². The maximum Gasteiger partial charge on any atom is 0.340 e. The summed E-state index contributed by atoms with van der Waals surface area (Å²) >= 11 is 6.01. The minimum atomic E-state index is -0.724. The fourth-order valence-electron chi connectivity index (χ4n) is 3.12. The third-order valence-corrected chi connectivity index (χ3v) is 4.94. The molecule has 2 aromatic rings. The molecule has 7 nitrogen and oxygen atoms in total. The lowest BCUT2D eigenvalue weighted by Gasteiger charge is -2.29. The molecule has 2 aromatic carbocycles. The van der Waals surface area contributed by atoms with Gasteiger partial charge in [-0.15, -0.1) is 0 Å². The number of methoxy groups -OCH3 is 3. The van der Waals surface area contributed by atoms with Crippen molar-refractivity contribution in [3.05, 3.63) is 94.3 Å². The van der Waals surface area contributed by atoms with Gasteiger partial charge in [0.05, 0.1) is 38.2 Å². The first-order valence-corrected chi connectivity index (χ1v) is 9.81. The topological polar surface area (TPSA) is 82.1 Å². The van der Waals surface area contributed by atoms with Crippen LogP contribution in [0.2, 0.25) is 5.02 Å². The molecule has 1 aliphatic heterocycles. The molecule has 0 bridgehead atoms. The van der Waals surface area contributed by atoms with E-state index in [1.54, 1.807) is 48.5 Å². The van der Waals surface area contributed by atoms with Crippen molar-refractivity contribution in [2.75, 3.05) is 26.2 Å². The number of hydrogen-bond donors (Lipinski definition) is 0. The number of hydrogen-bond acceptors (Lipinski definition) is 7. The lowest BCUT2D eigenvalue weighted by molar-refractivity contribution is -0.135. The van der Waals surface area contributed by atoms with Crippen LogP contribution in [-0.2, 0) is 19.1 Å². The van der Waals surface area contributed by atoms with Crippen LogP contribution in [-0.4, -0.2) is 39.1 Å². The van der Waals surface area contributed by atoms with Crippen molar-refractivity contribution < 1.29 is 28.6 Å². The van der Waals surface area contributed by atoms with Crippen molar-refractivity contribution in [1.82, 2.24) is 0 Å². The zero-order chi connectivity index (χ0) is 23.3. The zero-order valence-electron chi connectivity index (χ0n) is 17.6. The quantitative estimate of drug-likeness (QED) is 0.370. The predicted molar refractivity (Wildman–Crippen MR) is 120 cm³/mol. The van der Waals surface area contributed by atoms with E-state index in [9.17, 15) is 14.4 Å². The van der Waals surface area contributed by atoms with Crippen molar-refractivity contribution in [3.8, 4) is 5.75 Å². The molecule has 0 fully saturated rings. The van der Waals surface area contributed by atoms with Crippen LogP contribution in [0.3, 0.4) is 0 Å². The van der Waals surface area contributed by atoms with Gasteiger partial charge in [0, 0.05) is 28.6 Å². The van der Waals surface area contributed by atoms with Gasteiger partial charge in [-0.3, -0.25) is 4.79 Å². The van der Waals surface area contributed by atoms with Crippen molar-refractivity contribution in [2.24, 2.45) is 0 Å². The Balaban J connectivity index is 2.21. The zero-order valence-corrected chi connectivity index (χ0v) is 18.4. The SMILES string of the molecule is COC(=O)/C=C1\C(C(=O)OC)=CC(C(=O)c2ccccc2OC)=CN1c1ccc(Cl)cc1. The highest BCUT2D eigenvalue weighted by molar-refractivity contribution is 6.30. The van der Waals surface area contributed by atoms with Crippen LogP contribution >= 0.6 is 11.6 Å². The van der Waals surface area contributed by atoms with E-state index in [0.29, 0.717) is 22.0 Å². The van der Waals surface area contributed by atoms with Crippen LogP contribution in [0.1, 0.15) is 10.4 Å². The van der Waals surface area contributed by atoms with Crippen LogP contribution in [0.4, 0.5) is 5.69 Å². The summed E-state index contributed by atoms with van der Waals surface area (Å²) in [6.45, 7) is 0. The van der Waals surface area contributed by atoms with Crippen molar-refractivity contribution in [2.45, 2.75) is 0 Å². The molecule has 0 spiro atoms. The molecule has 32 heavy (non-hydrogen) atoms. The van der Waals surface area contributed by atoms with E-state index in [2.05, 4.69) is 0 Å². The normalized spacial score (nSPS) is 14.4. The first-order chi connectivity index (χ1) is 15.4. The van der Waals surface area contributed by atoms with E-state index < -0.39 is 11.9 Å². The molecule has 1 aliphatic rings. The number of carbonyl (C=O) groups excluding carboxylic acids is 3. The van der Waals surface area contributed by atoms with Crippen LogP contribution in [0.15, 0.2) is 83.7 Å². The summed E-state index contributed by atoms with van der Waals surface area (Å²) in [4.78, 5) is 39.5. The molecule has 1 heterocycles. The second kappa shape index (κ2) is 9.98. The molecule has 0 radical (unpaired) electrons. The molecule has 0 saturated carbocycles. The van der Waals surface area contributed by atoms with E-state index in [0.717, 1.165) is 6.08 Å². The summed E-state index contributed by atoms with van der Waals surface area (Å²) < 4.78 is 15.0. The molecular formula is C24H20ClNO6. The third-order valence-electron chi connectivity index (χ3n) is 4.68. The molecule has 164 valence electrons. The third kappa shape index (κ3) is 4.73. The van der Waals surface area contributed by atoms with E-state index in [-0.39, 0.29) is 22.6 Å². The molecule has 0 aliphatic carbocycles. The van der Waals surface area contributed by atoms with Gasteiger partial charge in [-0.05, 0) is 42.5 Å². The number of benzene rings is 2. The van der Waals surface area contributed by atoms with Gasteiger partial charge in [0.15, 0.2) is 5.78 Å². The number of carbonyl (C=O) groups is 3. The first kappa shape index (κ1) is 22.8. The Labute approximate surface area is 190 Å². The fourth-order valence-corrected chi connectivity index (χ4v) is 3.25. The number of ether oxygens (including phenoxy) is 3. The van der Waals surface area contributed by atoms with Gasteiger partial charge in [-0.2, -0.15) is 0 Å². The van der Waals surface area contributed by atoms with Crippen molar-refractivity contribution in [3.63, 3.8) is 0 Å². The number of anilines is 1. The molecule has 0 saturated heterocycles. The van der Waals surface area contributed by atoms with Gasteiger partial charge in [0.25, 0.3) is 0 Å². The summed E-state index contributed by atoms with van der Waals surface area (Å²) in [6.07, 6.45) is 4.05. The van der Waals surface area contributed by atoms with Gasteiger partial charge in [-0.1, -0.05) is 23.7 Å². The molecule has 0 N–H and O–H groups in total. The predicted octanol–water partition coefficient (Wildman–Crippen LogP) is 4.09.